The first-order valence-corrected chi connectivity index (χ1v) is 9.05. The number of hydrogen-bond donors (Lipinski definition) is 2. The van der Waals surface area contributed by atoms with E-state index in [1.807, 2.05) is 47.9 Å². The third-order valence-corrected chi connectivity index (χ3v) is 4.79. The molecule has 0 saturated heterocycles. The van der Waals surface area contributed by atoms with Crippen LogP contribution in [-0.2, 0) is 4.79 Å². The number of carbonyl (C=O) groups is 2. The highest BCUT2D eigenvalue weighted by Gasteiger charge is 2.14. The Bertz CT molecular complexity index is 960. The molecule has 0 unspecified atom stereocenters. The molecule has 136 valence electrons. The van der Waals surface area contributed by atoms with Crippen molar-refractivity contribution >= 4 is 40.5 Å². The summed E-state index contributed by atoms with van der Waals surface area (Å²) in [5.41, 5.74) is 7.65. The number of anilines is 1. The maximum Gasteiger partial charge on any atom is 0.257 e. The number of methoxy groups -OCH3 is 1. The molecule has 1 heterocycles. The first kappa shape index (κ1) is 18.4. The molecule has 0 saturated carbocycles. The van der Waals surface area contributed by atoms with E-state index in [-0.39, 0.29) is 5.91 Å². The summed E-state index contributed by atoms with van der Waals surface area (Å²) in [6.07, 6.45) is 1.83. The summed E-state index contributed by atoms with van der Waals surface area (Å²) in [7, 11) is 1.61. The van der Waals surface area contributed by atoms with Crippen LogP contribution in [-0.4, -0.2) is 18.9 Å². The summed E-state index contributed by atoms with van der Waals surface area (Å²) in [6, 6.07) is 17.7. The van der Waals surface area contributed by atoms with Crippen molar-refractivity contribution in [3.63, 3.8) is 0 Å². The summed E-state index contributed by atoms with van der Waals surface area (Å²) >= 11 is 1.49. The average Bonchev–Trinajstić information content (AvgIpc) is 3.21. The van der Waals surface area contributed by atoms with Crippen LogP contribution < -0.4 is 15.8 Å². The van der Waals surface area contributed by atoms with Crippen LogP contribution in [0.15, 0.2) is 66.0 Å². The maximum atomic E-state index is 12.9. The van der Waals surface area contributed by atoms with E-state index in [4.69, 9.17) is 10.5 Å². The van der Waals surface area contributed by atoms with E-state index in [9.17, 15) is 9.59 Å². The third kappa shape index (κ3) is 4.62. The number of ether oxygens (including phenoxy) is 1. The minimum atomic E-state index is -0.508. The number of primary amides is 1. The van der Waals surface area contributed by atoms with Crippen LogP contribution in [0.25, 0.3) is 11.6 Å². The van der Waals surface area contributed by atoms with Gasteiger partial charge in [-0.2, -0.15) is 0 Å². The van der Waals surface area contributed by atoms with Gasteiger partial charge >= 0.3 is 0 Å². The number of thiophene rings is 1. The number of nitrogens with two attached hydrogens (primary N) is 1. The first-order chi connectivity index (χ1) is 13.1. The van der Waals surface area contributed by atoms with Gasteiger partial charge in [0.05, 0.1) is 12.7 Å². The third-order valence-electron chi connectivity index (χ3n) is 3.89. The molecule has 27 heavy (non-hydrogen) atoms. The van der Waals surface area contributed by atoms with Crippen molar-refractivity contribution in [2.45, 2.75) is 0 Å². The van der Waals surface area contributed by atoms with Crippen LogP contribution in [0.4, 0.5) is 5.69 Å². The molecular weight excluding hydrogens is 360 g/mol. The van der Waals surface area contributed by atoms with E-state index >= 15 is 0 Å². The van der Waals surface area contributed by atoms with Gasteiger partial charge in [-0.25, -0.2) is 0 Å². The van der Waals surface area contributed by atoms with Crippen LogP contribution >= 0.6 is 11.3 Å². The van der Waals surface area contributed by atoms with Gasteiger partial charge < -0.3 is 15.8 Å². The molecule has 0 fully saturated rings. The Kier molecular flexibility index (Phi) is 5.68. The highest BCUT2D eigenvalue weighted by molar-refractivity contribution is 7.11. The molecule has 6 heteroatoms. The van der Waals surface area contributed by atoms with Crippen molar-refractivity contribution in [2.75, 3.05) is 12.4 Å². The number of carbonyl (C=O) groups excluding carboxylic acids is 2. The van der Waals surface area contributed by atoms with Crippen molar-refractivity contribution < 1.29 is 14.3 Å². The fraction of sp³-hybridized carbons (Fsp3) is 0.0476. The zero-order valence-corrected chi connectivity index (χ0v) is 15.5. The largest absolute Gasteiger partial charge is 0.497 e. The molecule has 5 nitrogen and oxygen atoms in total. The van der Waals surface area contributed by atoms with Gasteiger partial charge in [-0.05, 0) is 59.5 Å². The molecule has 0 spiro atoms. The molecule has 0 aliphatic heterocycles. The molecule has 0 atom stereocenters. The van der Waals surface area contributed by atoms with Crippen molar-refractivity contribution in [2.24, 2.45) is 5.73 Å². The number of benzene rings is 2. The highest BCUT2D eigenvalue weighted by Crippen LogP contribution is 2.25. The summed E-state index contributed by atoms with van der Waals surface area (Å²) in [5, 5.41) is 4.78. The zero-order chi connectivity index (χ0) is 19.2. The molecule has 2 aromatic carbocycles. The predicted molar refractivity (Wildman–Crippen MR) is 109 cm³/mol. The lowest BCUT2D eigenvalue weighted by Gasteiger charge is -2.09. The lowest BCUT2D eigenvalue weighted by molar-refractivity contribution is -0.111. The van der Waals surface area contributed by atoms with Gasteiger partial charge in [0.15, 0.2) is 0 Å². The second kappa shape index (κ2) is 8.33. The Balaban J connectivity index is 1.87. The number of hydrogen-bond acceptors (Lipinski definition) is 4. The number of amides is 2. The van der Waals surface area contributed by atoms with Crippen LogP contribution in [0.5, 0.6) is 5.75 Å². The van der Waals surface area contributed by atoms with Gasteiger partial charge in [-0.15, -0.1) is 11.3 Å². The minimum absolute atomic E-state index is 0.236. The lowest BCUT2D eigenvalue weighted by Crippen LogP contribution is -2.14. The Morgan fingerprint density at radius 3 is 2.30 bits per heavy atom. The Morgan fingerprint density at radius 1 is 1.04 bits per heavy atom. The molecule has 0 aliphatic carbocycles. The second-order valence-electron chi connectivity index (χ2n) is 5.70. The summed E-state index contributed by atoms with van der Waals surface area (Å²) in [4.78, 5) is 24.9. The van der Waals surface area contributed by atoms with Crippen LogP contribution in [0.3, 0.4) is 0 Å². The van der Waals surface area contributed by atoms with Crippen molar-refractivity contribution in [3.8, 4) is 5.75 Å². The zero-order valence-electron chi connectivity index (χ0n) is 14.6. The molecule has 0 radical (unpaired) electrons. The van der Waals surface area contributed by atoms with Crippen LogP contribution in [0, 0.1) is 0 Å². The molecule has 3 aromatic rings. The van der Waals surface area contributed by atoms with E-state index in [0.29, 0.717) is 16.8 Å². The molecule has 0 bridgehead atoms. The fourth-order valence-corrected chi connectivity index (χ4v) is 3.20. The molecule has 3 rings (SSSR count). The lowest BCUT2D eigenvalue weighted by atomic mass is 10.1. The Hall–Kier alpha value is -3.38. The van der Waals surface area contributed by atoms with Gasteiger partial charge in [0, 0.05) is 16.1 Å². The summed E-state index contributed by atoms with van der Waals surface area (Å²) in [5.74, 6) is 0.00969. The topological polar surface area (TPSA) is 81.4 Å². The van der Waals surface area contributed by atoms with Crippen molar-refractivity contribution in [1.29, 1.82) is 0 Å². The van der Waals surface area contributed by atoms with Crippen LogP contribution in [0.1, 0.15) is 20.8 Å². The van der Waals surface area contributed by atoms with E-state index in [1.54, 1.807) is 31.4 Å². The second-order valence-corrected chi connectivity index (χ2v) is 6.65. The van der Waals surface area contributed by atoms with Crippen molar-refractivity contribution in [3.05, 3.63) is 82.0 Å². The maximum absolute atomic E-state index is 12.9. The van der Waals surface area contributed by atoms with E-state index < -0.39 is 5.91 Å². The summed E-state index contributed by atoms with van der Waals surface area (Å²) < 4.78 is 5.17. The normalized spacial score (nSPS) is 11.1. The molecule has 3 N–H and O–H groups in total. The fourth-order valence-electron chi connectivity index (χ4n) is 2.46. The van der Waals surface area contributed by atoms with Crippen molar-refractivity contribution in [1.82, 2.24) is 0 Å². The monoisotopic (exact) mass is 378 g/mol. The molecule has 2 amide bonds. The molecular formula is C21H18N2O3S. The first-order valence-electron chi connectivity index (χ1n) is 8.17. The van der Waals surface area contributed by atoms with Gasteiger partial charge in [0.1, 0.15) is 5.75 Å². The number of nitrogens with one attached hydrogen (secondary N) is 1. The van der Waals surface area contributed by atoms with Gasteiger partial charge in [0.25, 0.3) is 5.91 Å². The van der Waals surface area contributed by atoms with Gasteiger partial charge in [-0.1, -0.05) is 18.2 Å². The standard InChI is InChI=1S/C21H18N2O3S/c1-26-17-10-4-14(5-11-17)13-18(19-3-2-12-27-19)21(25)23-16-8-6-15(7-9-16)20(22)24/h2-13H,1H3,(H2,22,24)(H,23,25). The highest BCUT2D eigenvalue weighted by atomic mass is 32.1. The van der Waals surface area contributed by atoms with E-state index in [0.717, 1.165) is 16.2 Å². The smallest absolute Gasteiger partial charge is 0.257 e. The minimum Gasteiger partial charge on any atom is -0.497 e. The van der Waals surface area contributed by atoms with Crippen LogP contribution in [0.2, 0.25) is 0 Å². The van der Waals surface area contributed by atoms with Gasteiger partial charge in [-0.3, -0.25) is 9.59 Å². The molecule has 1 aromatic heterocycles. The predicted octanol–water partition coefficient (Wildman–Crippen LogP) is 4.03. The Labute approximate surface area is 161 Å². The van der Waals surface area contributed by atoms with E-state index in [1.165, 1.54) is 11.3 Å². The van der Waals surface area contributed by atoms with E-state index in [2.05, 4.69) is 5.32 Å². The average molecular weight is 378 g/mol. The molecule has 0 aliphatic rings. The SMILES string of the molecule is COc1ccc(C=C(C(=O)Nc2ccc(C(N)=O)cc2)c2cccs2)cc1. The number of rotatable bonds is 6. The van der Waals surface area contributed by atoms with Gasteiger partial charge in [0.2, 0.25) is 5.91 Å². The summed E-state index contributed by atoms with van der Waals surface area (Å²) in [6.45, 7) is 0. The quantitative estimate of drug-likeness (QED) is 0.635. The Morgan fingerprint density at radius 2 is 1.74 bits per heavy atom.